The number of alkyl halides is 2. The van der Waals surface area contributed by atoms with E-state index in [1.807, 2.05) is 0 Å². The summed E-state index contributed by atoms with van der Waals surface area (Å²) in [6, 6.07) is 2.61. The minimum Gasteiger partial charge on any atom is -0.493 e. The molecule has 0 fully saturated rings. The first-order chi connectivity index (χ1) is 9.52. The van der Waals surface area contributed by atoms with Crippen molar-refractivity contribution in [1.29, 1.82) is 0 Å². The lowest BCUT2D eigenvalue weighted by Crippen LogP contribution is -2.27. The minimum atomic E-state index is -3.11. The molecule has 1 N–H and O–H groups in total. The molecule has 0 spiro atoms. The summed E-state index contributed by atoms with van der Waals surface area (Å²) < 4.78 is 37.7. The van der Waals surface area contributed by atoms with E-state index in [0.717, 1.165) is 6.92 Å². The summed E-state index contributed by atoms with van der Waals surface area (Å²) in [6.07, 6.45) is -0.0402. The van der Waals surface area contributed by atoms with Gasteiger partial charge in [0, 0.05) is 12.5 Å². The number of benzene rings is 1. The lowest BCUT2D eigenvalue weighted by Gasteiger charge is -2.24. The first-order valence-corrected chi connectivity index (χ1v) is 6.39. The lowest BCUT2D eigenvalue weighted by atomic mass is 9.83. The normalized spacial score (nSPS) is 12.1. The maximum absolute atomic E-state index is 13.8. The summed E-state index contributed by atoms with van der Waals surface area (Å²) >= 11 is 0. The highest BCUT2D eigenvalue weighted by atomic mass is 19.3. The fourth-order valence-corrected chi connectivity index (χ4v) is 2.03. The zero-order chi connectivity index (χ0) is 16.4. The van der Waals surface area contributed by atoms with E-state index in [4.69, 9.17) is 9.47 Å². The van der Waals surface area contributed by atoms with Crippen molar-refractivity contribution < 1.29 is 28.2 Å². The molecular formula is C15H20F2O4. The van der Waals surface area contributed by atoms with Gasteiger partial charge in [0.05, 0.1) is 19.6 Å². The van der Waals surface area contributed by atoms with E-state index < -0.39 is 17.3 Å². The van der Waals surface area contributed by atoms with Gasteiger partial charge in [0.25, 0.3) is 5.92 Å². The van der Waals surface area contributed by atoms with Gasteiger partial charge in [-0.05, 0) is 38.0 Å². The molecule has 0 aliphatic rings. The summed E-state index contributed by atoms with van der Waals surface area (Å²) in [7, 11) is 2.75. The van der Waals surface area contributed by atoms with Gasteiger partial charge in [-0.25, -0.2) is 8.78 Å². The van der Waals surface area contributed by atoms with Crippen LogP contribution in [-0.4, -0.2) is 25.3 Å². The van der Waals surface area contributed by atoms with Crippen molar-refractivity contribution in [2.75, 3.05) is 14.2 Å². The van der Waals surface area contributed by atoms with Gasteiger partial charge in [0.1, 0.15) is 0 Å². The van der Waals surface area contributed by atoms with Crippen molar-refractivity contribution >= 4 is 5.97 Å². The zero-order valence-electron chi connectivity index (χ0n) is 12.8. The Morgan fingerprint density at radius 2 is 1.62 bits per heavy atom. The quantitative estimate of drug-likeness (QED) is 0.874. The zero-order valence-corrected chi connectivity index (χ0v) is 12.8. The summed E-state index contributed by atoms with van der Waals surface area (Å²) in [5.74, 6) is -3.68. The Morgan fingerprint density at radius 1 is 1.14 bits per heavy atom. The van der Waals surface area contributed by atoms with Crippen molar-refractivity contribution in [3.05, 3.63) is 23.3 Å². The number of rotatable bonds is 6. The second-order valence-electron chi connectivity index (χ2n) is 5.62. The van der Waals surface area contributed by atoms with E-state index in [0.29, 0.717) is 5.75 Å². The molecule has 1 aromatic rings. The lowest BCUT2D eigenvalue weighted by molar-refractivity contribution is -0.146. The third-order valence-corrected chi connectivity index (χ3v) is 3.29. The molecule has 0 saturated heterocycles. The molecule has 0 aliphatic carbocycles. The van der Waals surface area contributed by atoms with Crippen molar-refractivity contribution in [2.45, 2.75) is 33.1 Å². The largest absolute Gasteiger partial charge is 0.493 e. The second-order valence-corrected chi connectivity index (χ2v) is 5.62. The first kappa shape index (κ1) is 17.2. The van der Waals surface area contributed by atoms with E-state index >= 15 is 0 Å². The highest BCUT2D eigenvalue weighted by molar-refractivity contribution is 5.74. The molecule has 0 amide bonds. The van der Waals surface area contributed by atoms with Gasteiger partial charge in [-0.1, -0.05) is 0 Å². The fourth-order valence-electron chi connectivity index (χ4n) is 2.03. The molecule has 0 aliphatic heterocycles. The summed E-state index contributed by atoms with van der Waals surface area (Å²) in [5.41, 5.74) is -1.19. The number of halogens is 2. The smallest absolute Gasteiger partial charge is 0.309 e. The number of methoxy groups -OCH3 is 2. The maximum Gasteiger partial charge on any atom is 0.309 e. The van der Waals surface area contributed by atoms with Crippen LogP contribution in [0.1, 0.15) is 31.9 Å². The van der Waals surface area contributed by atoms with E-state index in [1.165, 1.54) is 40.2 Å². The Morgan fingerprint density at radius 3 is 2.00 bits per heavy atom. The van der Waals surface area contributed by atoms with Crippen LogP contribution in [0.15, 0.2) is 12.1 Å². The molecule has 118 valence electrons. The van der Waals surface area contributed by atoms with Gasteiger partial charge in [-0.2, -0.15) is 0 Å². The van der Waals surface area contributed by atoms with Crippen molar-refractivity contribution in [1.82, 2.24) is 0 Å². The van der Waals surface area contributed by atoms with Crippen molar-refractivity contribution in [3.63, 3.8) is 0 Å². The maximum atomic E-state index is 13.8. The van der Waals surface area contributed by atoms with E-state index in [-0.39, 0.29) is 23.3 Å². The van der Waals surface area contributed by atoms with Crippen LogP contribution in [0.5, 0.6) is 11.5 Å². The first-order valence-electron chi connectivity index (χ1n) is 6.39. The molecule has 0 aromatic heterocycles. The summed E-state index contributed by atoms with van der Waals surface area (Å²) in [5, 5.41) is 9.18. The number of hydrogen-bond donors (Lipinski definition) is 1. The monoisotopic (exact) mass is 302 g/mol. The average molecular weight is 302 g/mol. The molecular weight excluding hydrogens is 282 g/mol. The molecule has 0 bridgehead atoms. The number of carboxylic acids is 1. The standard InChI is InChI=1S/C15H20F2O4/c1-14(2,13(18)19)8-9-6-11(20-4)12(21-5)7-10(9)15(3,16)17/h6-7H,8H2,1-5H3,(H,18,19). The molecule has 0 saturated carbocycles. The molecule has 0 unspecified atom stereocenters. The van der Waals surface area contributed by atoms with Gasteiger partial charge in [0.15, 0.2) is 11.5 Å². The average Bonchev–Trinajstić information content (AvgIpc) is 2.36. The van der Waals surface area contributed by atoms with Crippen LogP contribution in [0.25, 0.3) is 0 Å². The van der Waals surface area contributed by atoms with Crippen LogP contribution in [-0.2, 0) is 17.1 Å². The van der Waals surface area contributed by atoms with Crippen LogP contribution in [0.2, 0.25) is 0 Å². The van der Waals surface area contributed by atoms with Gasteiger partial charge < -0.3 is 14.6 Å². The Bertz CT molecular complexity index is 533. The van der Waals surface area contributed by atoms with Crippen LogP contribution in [0.4, 0.5) is 8.78 Å². The second kappa shape index (κ2) is 5.87. The molecule has 1 aromatic carbocycles. The predicted molar refractivity (Wildman–Crippen MR) is 74.2 cm³/mol. The van der Waals surface area contributed by atoms with Crippen molar-refractivity contribution in [3.8, 4) is 11.5 Å². The Balaban J connectivity index is 3.44. The Kier molecular flexibility index (Phi) is 4.81. The van der Waals surface area contributed by atoms with Crippen LogP contribution < -0.4 is 9.47 Å². The number of ether oxygens (including phenoxy) is 2. The molecule has 0 radical (unpaired) electrons. The highest BCUT2D eigenvalue weighted by Gasteiger charge is 2.34. The van der Waals surface area contributed by atoms with Gasteiger partial charge in [-0.3, -0.25) is 4.79 Å². The van der Waals surface area contributed by atoms with Gasteiger partial charge >= 0.3 is 5.97 Å². The Labute approximate surface area is 122 Å². The van der Waals surface area contributed by atoms with Crippen molar-refractivity contribution in [2.24, 2.45) is 5.41 Å². The SMILES string of the molecule is COc1cc(CC(C)(C)C(=O)O)c(C(C)(F)F)cc1OC. The summed E-state index contributed by atoms with van der Waals surface area (Å²) in [6.45, 7) is 3.75. The van der Waals surface area contributed by atoms with E-state index in [2.05, 4.69) is 0 Å². The number of carboxylic acid groups (broad SMARTS) is 1. The van der Waals surface area contributed by atoms with Crippen LogP contribution in [0, 0.1) is 5.41 Å². The third kappa shape index (κ3) is 3.83. The number of hydrogen-bond acceptors (Lipinski definition) is 3. The number of aliphatic carboxylic acids is 1. The predicted octanol–water partition coefficient (Wildman–Crippen LogP) is 3.47. The molecule has 4 nitrogen and oxygen atoms in total. The molecule has 6 heteroatoms. The fraction of sp³-hybridized carbons (Fsp3) is 0.533. The van der Waals surface area contributed by atoms with Crippen LogP contribution in [0.3, 0.4) is 0 Å². The molecule has 0 heterocycles. The Hall–Kier alpha value is -1.85. The van der Waals surface area contributed by atoms with Gasteiger partial charge in [0.2, 0.25) is 0 Å². The number of carbonyl (C=O) groups is 1. The minimum absolute atomic E-state index is 0.0402. The molecule has 0 atom stereocenters. The molecule has 1 rings (SSSR count). The highest BCUT2D eigenvalue weighted by Crippen LogP contribution is 2.40. The van der Waals surface area contributed by atoms with E-state index in [1.54, 1.807) is 0 Å². The van der Waals surface area contributed by atoms with E-state index in [9.17, 15) is 18.7 Å². The van der Waals surface area contributed by atoms with Crippen LogP contribution >= 0.6 is 0 Å². The third-order valence-electron chi connectivity index (χ3n) is 3.29. The van der Waals surface area contributed by atoms with Gasteiger partial charge in [-0.15, -0.1) is 0 Å². The summed E-state index contributed by atoms with van der Waals surface area (Å²) in [4.78, 5) is 11.2. The molecule has 21 heavy (non-hydrogen) atoms. The topological polar surface area (TPSA) is 55.8 Å².